The minimum absolute atomic E-state index is 0.168. The van der Waals surface area contributed by atoms with Gasteiger partial charge in [0.15, 0.2) is 5.60 Å². The number of ether oxygens (including phenoxy) is 1. The third-order valence-electron chi connectivity index (χ3n) is 3.82. The van der Waals surface area contributed by atoms with Gasteiger partial charge >= 0.3 is 0 Å². The third-order valence-corrected chi connectivity index (χ3v) is 3.82. The third kappa shape index (κ3) is 0.694. The summed E-state index contributed by atoms with van der Waals surface area (Å²) in [5.74, 6) is 1.88. The zero-order valence-electron chi connectivity index (χ0n) is 8.43. The van der Waals surface area contributed by atoms with Gasteiger partial charge in [-0.3, -0.25) is 0 Å². The van der Waals surface area contributed by atoms with Crippen molar-refractivity contribution in [3.05, 3.63) is 29.8 Å². The molecule has 1 saturated carbocycles. The van der Waals surface area contributed by atoms with E-state index in [0.717, 1.165) is 18.1 Å². The van der Waals surface area contributed by atoms with Gasteiger partial charge < -0.3 is 9.57 Å². The van der Waals surface area contributed by atoms with E-state index in [2.05, 4.69) is 11.2 Å². The summed E-state index contributed by atoms with van der Waals surface area (Å²) in [6.07, 6.45) is 0. The van der Waals surface area contributed by atoms with Crippen molar-refractivity contribution in [3.63, 3.8) is 0 Å². The van der Waals surface area contributed by atoms with Crippen LogP contribution in [0.15, 0.2) is 29.4 Å². The highest BCUT2D eigenvalue weighted by atomic mass is 16.7. The molecule has 4 rings (SSSR count). The zero-order chi connectivity index (χ0) is 10.0. The molecule has 2 heterocycles. The van der Waals surface area contributed by atoms with E-state index in [9.17, 15) is 0 Å². The molecule has 2 unspecified atom stereocenters. The number of nitrogens with zero attached hydrogens (tertiary/aromatic N) is 1. The lowest BCUT2D eigenvalue weighted by atomic mass is 10.0. The largest absolute Gasteiger partial charge is 0.493 e. The quantitative estimate of drug-likeness (QED) is 0.642. The molecule has 3 aliphatic rings. The van der Waals surface area contributed by atoms with E-state index in [0.29, 0.717) is 11.8 Å². The van der Waals surface area contributed by atoms with Crippen molar-refractivity contribution in [3.8, 4) is 5.75 Å². The van der Waals surface area contributed by atoms with Gasteiger partial charge in [0.25, 0.3) is 0 Å². The molecule has 1 aromatic rings. The SMILES string of the molecule is CC1=NO[C@]23c4ccccc4OCC2C13. The Kier molecular flexibility index (Phi) is 1.13. The first kappa shape index (κ1) is 7.74. The monoisotopic (exact) mass is 201 g/mol. The lowest BCUT2D eigenvalue weighted by Crippen LogP contribution is -2.21. The summed E-state index contributed by atoms with van der Waals surface area (Å²) in [4.78, 5) is 5.67. The number of hydrogen-bond acceptors (Lipinski definition) is 3. The van der Waals surface area contributed by atoms with Crippen molar-refractivity contribution in [1.29, 1.82) is 0 Å². The summed E-state index contributed by atoms with van der Waals surface area (Å²) in [5, 5.41) is 4.10. The van der Waals surface area contributed by atoms with Gasteiger partial charge in [-0.2, -0.15) is 0 Å². The smallest absolute Gasteiger partial charge is 0.181 e. The predicted octanol–water partition coefficient (Wildman–Crippen LogP) is 1.93. The highest BCUT2D eigenvalue weighted by molar-refractivity contribution is 5.91. The Balaban J connectivity index is 1.91. The fraction of sp³-hybridized carbons (Fsp3) is 0.417. The highest BCUT2D eigenvalue weighted by Crippen LogP contribution is 2.67. The van der Waals surface area contributed by atoms with Crippen LogP contribution in [0, 0.1) is 11.8 Å². The Bertz CT molecular complexity index is 482. The van der Waals surface area contributed by atoms with Gasteiger partial charge in [-0.05, 0) is 13.0 Å². The number of oxime groups is 1. The van der Waals surface area contributed by atoms with E-state index in [4.69, 9.17) is 9.57 Å². The maximum Gasteiger partial charge on any atom is 0.181 e. The van der Waals surface area contributed by atoms with Crippen LogP contribution in [0.25, 0.3) is 0 Å². The minimum Gasteiger partial charge on any atom is -0.493 e. The molecule has 0 N–H and O–H groups in total. The molecule has 1 aromatic carbocycles. The first-order valence-electron chi connectivity index (χ1n) is 5.29. The van der Waals surface area contributed by atoms with Gasteiger partial charge in [0.05, 0.1) is 24.2 Å². The van der Waals surface area contributed by atoms with Crippen LogP contribution >= 0.6 is 0 Å². The van der Waals surface area contributed by atoms with E-state index in [1.807, 2.05) is 25.1 Å². The normalized spacial score (nSPS) is 39.1. The molecular weight excluding hydrogens is 190 g/mol. The molecule has 1 fully saturated rings. The molecule has 3 nitrogen and oxygen atoms in total. The van der Waals surface area contributed by atoms with Crippen LogP contribution in [-0.2, 0) is 10.4 Å². The standard InChI is InChI=1S/C12H11NO2/c1-7-11-9-6-14-10-5-3-2-4-8(10)12(9,11)15-13-7/h2-5,9,11H,6H2,1H3/t9?,11?,12-/m1/s1. The van der Waals surface area contributed by atoms with Gasteiger partial charge in [0.2, 0.25) is 0 Å². The van der Waals surface area contributed by atoms with Gasteiger partial charge in [-0.1, -0.05) is 23.4 Å². The average Bonchev–Trinajstić information content (AvgIpc) is 2.85. The fourth-order valence-corrected chi connectivity index (χ4v) is 3.10. The van der Waals surface area contributed by atoms with Crippen molar-refractivity contribution in [1.82, 2.24) is 0 Å². The van der Waals surface area contributed by atoms with Crippen LogP contribution in [0.2, 0.25) is 0 Å². The predicted molar refractivity (Wildman–Crippen MR) is 54.8 cm³/mol. The molecule has 0 radical (unpaired) electrons. The zero-order valence-corrected chi connectivity index (χ0v) is 8.43. The second-order valence-corrected chi connectivity index (χ2v) is 4.51. The van der Waals surface area contributed by atoms with E-state index in [-0.39, 0.29) is 5.60 Å². The molecule has 15 heavy (non-hydrogen) atoms. The van der Waals surface area contributed by atoms with Crippen LogP contribution in [-0.4, -0.2) is 12.3 Å². The van der Waals surface area contributed by atoms with E-state index in [1.54, 1.807) is 0 Å². The topological polar surface area (TPSA) is 30.8 Å². The van der Waals surface area contributed by atoms with Gasteiger partial charge in [-0.15, -0.1) is 0 Å². The summed E-state index contributed by atoms with van der Waals surface area (Å²) in [6, 6.07) is 8.13. The Morgan fingerprint density at radius 2 is 2.27 bits per heavy atom. The molecule has 3 atom stereocenters. The Labute approximate surface area is 87.7 Å². The maximum absolute atomic E-state index is 5.72. The number of para-hydroxylation sites is 1. The molecular formula is C12H11NO2. The Hall–Kier alpha value is -1.51. The second kappa shape index (κ2) is 2.18. The van der Waals surface area contributed by atoms with Crippen LogP contribution in [0.4, 0.5) is 0 Å². The van der Waals surface area contributed by atoms with Crippen molar-refractivity contribution < 1.29 is 9.57 Å². The van der Waals surface area contributed by atoms with Crippen molar-refractivity contribution in [2.45, 2.75) is 12.5 Å². The van der Waals surface area contributed by atoms with Crippen molar-refractivity contribution >= 4 is 5.71 Å². The Morgan fingerprint density at radius 1 is 1.40 bits per heavy atom. The van der Waals surface area contributed by atoms with E-state index < -0.39 is 0 Å². The van der Waals surface area contributed by atoms with E-state index in [1.165, 1.54) is 5.56 Å². The summed E-state index contributed by atoms with van der Waals surface area (Å²) >= 11 is 0. The van der Waals surface area contributed by atoms with Crippen LogP contribution in [0.5, 0.6) is 5.75 Å². The summed E-state index contributed by atoms with van der Waals surface area (Å²) in [6.45, 7) is 2.80. The minimum atomic E-state index is -0.168. The van der Waals surface area contributed by atoms with Crippen molar-refractivity contribution in [2.75, 3.05) is 6.61 Å². The second-order valence-electron chi connectivity index (χ2n) is 4.51. The summed E-state index contributed by atoms with van der Waals surface area (Å²) < 4.78 is 5.72. The lowest BCUT2D eigenvalue weighted by molar-refractivity contribution is 0.0113. The molecule has 3 heteroatoms. The molecule has 0 amide bonds. The number of hydrogen-bond donors (Lipinski definition) is 0. The first-order valence-corrected chi connectivity index (χ1v) is 5.29. The fourth-order valence-electron chi connectivity index (χ4n) is 3.10. The molecule has 0 aromatic heterocycles. The molecule has 0 bridgehead atoms. The van der Waals surface area contributed by atoms with Crippen LogP contribution in [0.1, 0.15) is 12.5 Å². The molecule has 1 aliphatic carbocycles. The van der Waals surface area contributed by atoms with Gasteiger partial charge in [0, 0.05) is 5.56 Å². The maximum atomic E-state index is 5.72. The first-order chi connectivity index (χ1) is 7.34. The lowest BCUT2D eigenvalue weighted by Gasteiger charge is -2.22. The molecule has 1 spiro atoms. The van der Waals surface area contributed by atoms with Crippen LogP contribution < -0.4 is 4.74 Å². The number of benzene rings is 1. The summed E-state index contributed by atoms with van der Waals surface area (Å²) in [7, 11) is 0. The molecule has 0 saturated heterocycles. The van der Waals surface area contributed by atoms with Gasteiger partial charge in [-0.25, -0.2) is 0 Å². The Morgan fingerprint density at radius 3 is 3.20 bits per heavy atom. The van der Waals surface area contributed by atoms with Crippen molar-refractivity contribution in [2.24, 2.45) is 17.0 Å². The number of rotatable bonds is 0. The highest BCUT2D eigenvalue weighted by Gasteiger charge is 2.75. The summed E-state index contributed by atoms with van der Waals surface area (Å²) in [5.41, 5.74) is 2.12. The average molecular weight is 201 g/mol. The van der Waals surface area contributed by atoms with Gasteiger partial charge in [0.1, 0.15) is 5.75 Å². The molecule has 76 valence electrons. The van der Waals surface area contributed by atoms with Crippen LogP contribution in [0.3, 0.4) is 0 Å². The van der Waals surface area contributed by atoms with E-state index >= 15 is 0 Å². The number of fused-ring (bicyclic) bond motifs is 2. The molecule has 2 aliphatic heterocycles.